The zero-order chi connectivity index (χ0) is 57.3. The molecular formula is C54H84O24. The first-order valence-corrected chi connectivity index (χ1v) is 27.7. The first-order chi connectivity index (χ1) is 36.4. The molecule has 0 amide bonds. The van der Waals surface area contributed by atoms with Gasteiger partial charge in [-0.15, -0.1) is 0 Å². The number of carbonyl (C=O) groups is 3. The van der Waals surface area contributed by atoms with Crippen LogP contribution in [0.25, 0.3) is 0 Å². The van der Waals surface area contributed by atoms with Crippen molar-refractivity contribution in [1.82, 2.24) is 0 Å². The second kappa shape index (κ2) is 21.3. The fourth-order valence-corrected chi connectivity index (χ4v) is 16.3. The maximum atomic E-state index is 15.3. The highest BCUT2D eigenvalue weighted by atomic mass is 16.8. The summed E-state index contributed by atoms with van der Waals surface area (Å²) in [4.78, 5) is 41.5. The van der Waals surface area contributed by atoms with E-state index in [2.05, 4.69) is 40.7 Å². The van der Waals surface area contributed by atoms with Gasteiger partial charge in [0.1, 0.15) is 84.9 Å². The van der Waals surface area contributed by atoms with E-state index in [1.165, 1.54) is 13.8 Å². The smallest absolute Gasteiger partial charge is 0.335 e. The number of aldehydes is 1. The summed E-state index contributed by atoms with van der Waals surface area (Å²) in [5.41, 5.74) is -3.94. The molecule has 9 aliphatic rings. The van der Waals surface area contributed by atoms with Crippen LogP contribution in [0, 0.1) is 50.2 Å². The molecule has 0 aromatic heterocycles. The largest absolute Gasteiger partial charge is 0.479 e. The molecule has 0 spiro atoms. The summed E-state index contributed by atoms with van der Waals surface area (Å²) in [5, 5.41) is 141. The third-order valence-electron chi connectivity index (χ3n) is 21.3. The van der Waals surface area contributed by atoms with Crippen molar-refractivity contribution in [3.63, 3.8) is 0 Å². The van der Waals surface area contributed by atoms with Crippen LogP contribution < -0.4 is 0 Å². The molecule has 3 unspecified atom stereocenters. The van der Waals surface area contributed by atoms with Crippen LogP contribution in [0.1, 0.15) is 113 Å². The first-order valence-electron chi connectivity index (χ1n) is 27.7. The van der Waals surface area contributed by atoms with Crippen LogP contribution >= 0.6 is 0 Å². The minimum absolute atomic E-state index is 0.106. The van der Waals surface area contributed by atoms with Gasteiger partial charge in [-0.1, -0.05) is 53.2 Å². The maximum absolute atomic E-state index is 15.3. The Bertz CT molecular complexity index is 2250. The molecule has 444 valence electrons. The number of ether oxygens (including phenoxy) is 8. The SMILES string of the molecule is C[C@@H]1O[C@@H](O[C@@H]2[C@@H](OC(=O)[C@]34CCC(C)(C)CC3C3=CCC5[C@@]6(C)CC[C@H](O[C@@H]7O[C@H](C(=O)O)[C@@H](O)[C@H](O)[C@H]7O[C@@H]7O[C@H](CO)[C@H](O)[C@H](O)[C@H]7O)[C@@](C)(C=O)C6CC[C@@]5(C)[C@]3(C)C[C@H]4O)O[C@@H](C)[C@@H](O)[C@H]2O)[C@H](O)[C@H](O)[C@H]1O. The average molecular weight is 1120 g/mol. The van der Waals surface area contributed by atoms with E-state index in [1.54, 1.807) is 6.92 Å². The molecule has 4 aliphatic heterocycles. The van der Waals surface area contributed by atoms with Gasteiger partial charge in [-0.05, 0) is 111 Å². The lowest BCUT2D eigenvalue weighted by Gasteiger charge is -2.71. The van der Waals surface area contributed by atoms with E-state index >= 15 is 4.79 Å². The van der Waals surface area contributed by atoms with E-state index in [0.29, 0.717) is 38.5 Å². The Morgan fingerprint density at radius 1 is 0.628 bits per heavy atom. The number of carboxylic acid groups (broad SMARTS) is 1. The Morgan fingerprint density at radius 3 is 1.82 bits per heavy atom. The van der Waals surface area contributed by atoms with Crippen LogP contribution in [0.4, 0.5) is 0 Å². The van der Waals surface area contributed by atoms with Gasteiger partial charge >= 0.3 is 11.9 Å². The summed E-state index contributed by atoms with van der Waals surface area (Å²) in [6, 6.07) is 0. The van der Waals surface area contributed by atoms with Crippen molar-refractivity contribution >= 4 is 18.2 Å². The van der Waals surface area contributed by atoms with Gasteiger partial charge in [0.15, 0.2) is 31.1 Å². The second-order valence-corrected chi connectivity index (χ2v) is 26.0. The minimum Gasteiger partial charge on any atom is -0.479 e. The van der Waals surface area contributed by atoms with Gasteiger partial charge in [0.25, 0.3) is 0 Å². The minimum atomic E-state index is -2.08. The number of fused-ring (bicyclic) bond motifs is 7. The van der Waals surface area contributed by atoms with Crippen molar-refractivity contribution in [1.29, 1.82) is 0 Å². The molecule has 13 N–H and O–H groups in total. The molecule has 9 rings (SSSR count). The number of hydrogen-bond donors (Lipinski definition) is 13. The highest BCUT2D eigenvalue weighted by molar-refractivity contribution is 5.80. The van der Waals surface area contributed by atoms with Crippen molar-refractivity contribution in [2.24, 2.45) is 50.2 Å². The lowest BCUT2D eigenvalue weighted by molar-refractivity contribution is -0.373. The quantitative estimate of drug-likeness (QED) is 0.0473. The fraction of sp³-hybridized carbons (Fsp3) is 0.907. The van der Waals surface area contributed by atoms with Crippen molar-refractivity contribution < 1.29 is 119 Å². The van der Waals surface area contributed by atoms with Gasteiger partial charge in [-0.3, -0.25) is 4.79 Å². The molecule has 0 bridgehead atoms. The zero-order valence-corrected chi connectivity index (χ0v) is 45.5. The molecule has 0 aromatic rings. The summed E-state index contributed by atoms with van der Waals surface area (Å²) < 4.78 is 47.7. The lowest BCUT2D eigenvalue weighted by atomic mass is 9.33. The van der Waals surface area contributed by atoms with E-state index in [0.717, 1.165) is 11.9 Å². The predicted molar refractivity (Wildman–Crippen MR) is 262 cm³/mol. The van der Waals surface area contributed by atoms with Crippen molar-refractivity contribution in [3.8, 4) is 0 Å². The Hall–Kier alpha value is -2.41. The molecule has 4 heterocycles. The van der Waals surface area contributed by atoms with Gasteiger partial charge in [-0.25, -0.2) is 4.79 Å². The van der Waals surface area contributed by atoms with Crippen molar-refractivity contribution in [2.75, 3.05) is 6.61 Å². The summed E-state index contributed by atoms with van der Waals surface area (Å²) in [5.74, 6) is -3.47. The van der Waals surface area contributed by atoms with Crippen LogP contribution in [0.3, 0.4) is 0 Å². The van der Waals surface area contributed by atoms with Gasteiger partial charge < -0.3 is 109 Å². The number of aliphatic hydroxyl groups is 12. The fourth-order valence-electron chi connectivity index (χ4n) is 16.3. The number of esters is 1. The normalized spacial score (nSPS) is 55.0. The molecule has 5 aliphatic carbocycles. The summed E-state index contributed by atoms with van der Waals surface area (Å²) in [6.07, 6.45) is -29.4. The summed E-state index contributed by atoms with van der Waals surface area (Å²) in [6.45, 7) is 14.6. The van der Waals surface area contributed by atoms with Crippen LogP contribution in [0.15, 0.2) is 11.6 Å². The van der Waals surface area contributed by atoms with E-state index in [-0.39, 0.29) is 36.5 Å². The van der Waals surface area contributed by atoms with Gasteiger partial charge in [0, 0.05) is 0 Å². The molecule has 0 radical (unpaired) electrons. The monoisotopic (exact) mass is 1120 g/mol. The number of aliphatic hydroxyl groups excluding tert-OH is 12. The first kappa shape index (κ1) is 60.2. The average Bonchev–Trinajstić information content (AvgIpc) is 2.77. The number of rotatable bonds is 11. The number of hydrogen-bond acceptors (Lipinski definition) is 23. The number of allylic oxidation sites excluding steroid dienone is 2. The molecule has 4 saturated heterocycles. The van der Waals surface area contributed by atoms with E-state index in [9.17, 15) is 76.0 Å². The molecule has 30 atom stereocenters. The van der Waals surface area contributed by atoms with Gasteiger partial charge in [-0.2, -0.15) is 0 Å². The van der Waals surface area contributed by atoms with E-state index in [4.69, 9.17) is 37.9 Å². The predicted octanol–water partition coefficient (Wildman–Crippen LogP) is -1.74. The highest BCUT2D eigenvalue weighted by Gasteiger charge is 2.73. The van der Waals surface area contributed by atoms with Crippen LogP contribution in [-0.4, -0.2) is 226 Å². The third-order valence-corrected chi connectivity index (χ3v) is 21.3. The van der Waals surface area contributed by atoms with Crippen molar-refractivity contribution in [2.45, 2.75) is 248 Å². The Kier molecular flexibility index (Phi) is 16.5. The maximum Gasteiger partial charge on any atom is 0.335 e. The van der Waals surface area contributed by atoms with Crippen LogP contribution in [0.5, 0.6) is 0 Å². The van der Waals surface area contributed by atoms with E-state index < -0.39 is 187 Å². The second-order valence-electron chi connectivity index (χ2n) is 26.0. The number of carboxylic acids is 1. The molecule has 24 nitrogen and oxygen atoms in total. The van der Waals surface area contributed by atoms with Crippen LogP contribution in [-0.2, 0) is 52.3 Å². The highest BCUT2D eigenvalue weighted by Crippen LogP contribution is 2.76. The molecule has 8 fully saturated rings. The van der Waals surface area contributed by atoms with Gasteiger partial charge in [0.2, 0.25) is 6.29 Å². The molecule has 0 aromatic carbocycles. The molecular weight excluding hydrogens is 1030 g/mol. The lowest BCUT2D eigenvalue weighted by Crippen LogP contribution is -2.69. The van der Waals surface area contributed by atoms with Crippen molar-refractivity contribution in [3.05, 3.63) is 11.6 Å². The third kappa shape index (κ3) is 9.36. The summed E-state index contributed by atoms with van der Waals surface area (Å²) in [7, 11) is 0. The Balaban J connectivity index is 0.993. The van der Waals surface area contributed by atoms with Crippen LogP contribution in [0.2, 0.25) is 0 Å². The molecule has 4 saturated carbocycles. The number of carbonyl (C=O) groups excluding carboxylic acids is 2. The summed E-state index contributed by atoms with van der Waals surface area (Å²) >= 11 is 0. The zero-order valence-electron chi connectivity index (χ0n) is 45.5. The van der Waals surface area contributed by atoms with Gasteiger partial charge in [0.05, 0.1) is 36.4 Å². The number of aliphatic carboxylic acids is 1. The molecule has 78 heavy (non-hydrogen) atoms. The Labute approximate surface area is 452 Å². The van der Waals surface area contributed by atoms with E-state index in [1.807, 2.05) is 0 Å². The standard InChI is InChI=1S/C54H84O24/c1-21-30(58)33(61)38(66)44(71-21)76-41-35(63)31(59)22(2)72-46(41)78-48(70)54-16-15-49(3,4)17-24(54)23-9-10-27-50(5)13-12-29(51(6,20-56)26(50)11-14-52(27,7)53(23,8)18-28(54)57)74-47-42(37(65)36(64)40(75-47)43(68)69)77-45-39(67)34(62)32(60)25(19-55)73-45/h9,20-22,24-42,44-47,55,57-67H,10-19H2,1-8H3,(H,68,69)/t21-,22-,24?,25+,26?,27?,28+,29-,30-,31+,32-,33+,34-,35+,36-,37-,38+,39+,40-,41-,42+,44-,45-,46+,47+,50-,51-,52+,53+,54+/m0/s1. The molecule has 24 heteroatoms. The topological polar surface area (TPSA) is 388 Å². The Morgan fingerprint density at radius 2 is 1.21 bits per heavy atom.